The van der Waals surface area contributed by atoms with E-state index in [9.17, 15) is 0 Å². The molecule has 4 heterocycles. The molecule has 0 amide bonds. The van der Waals surface area contributed by atoms with Crippen LogP contribution >= 0.6 is 23.1 Å². The molecule has 33 heavy (non-hydrogen) atoms. The molecule has 11 heteroatoms. The van der Waals surface area contributed by atoms with E-state index in [4.69, 9.17) is 15.2 Å². The number of anilines is 1. The molecule has 4 N–H and O–H groups in total. The lowest BCUT2D eigenvalue weighted by Gasteiger charge is -2.20. The number of nitrogens with one attached hydrogen (secondary N) is 2. The van der Waals surface area contributed by atoms with Crippen molar-refractivity contribution in [2.75, 3.05) is 19.1 Å². The van der Waals surface area contributed by atoms with Crippen LogP contribution in [-0.2, 0) is 6.42 Å². The molecule has 0 saturated heterocycles. The third-order valence-electron chi connectivity index (χ3n) is 4.98. The highest BCUT2D eigenvalue weighted by atomic mass is 32.2. The van der Waals surface area contributed by atoms with Crippen molar-refractivity contribution in [2.45, 2.75) is 49.2 Å². The van der Waals surface area contributed by atoms with Crippen molar-refractivity contribution >= 4 is 40.1 Å². The molecule has 1 aromatic carbocycles. The van der Waals surface area contributed by atoms with Gasteiger partial charge in [-0.15, -0.1) is 11.3 Å². The van der Waals surface area contributed by atoms with Crippen LogP contribution in [0.2, 0.25) is 0 Å². The van der Waals surface area contributed by atoms with Crippen molar-refractivity contribution in [1.82, 2.24) is 30.2 Å². The fourth-order valence-electron chi connectivity index (χ4n) is 3.45. The number of benzene rings is 1. The van der Waals surface area contributed by atoms with E-state index in [1.807, 2.05) is 17.5 Å². The summed E-state index contributed by atoms with van der Waals surface area (Å²) in [5, 5.41) is 7.00. The Morgan fingerprint density at radius 2 is 2.00 bits per heavy atom. The van der Waals surface area contributed by atoms with Crippen LogP contribution in [0.3, 0.4) is 0 Å². The molecule has 0 aliphatic carbocycles. The number of ether oxygens (including phenoxy) is 2. The number of aromatic nitrogens is 5. The minimum absolute atomic E-state index is 0.0877. The number of rotatable bonds is 7. The summed E-state index contributed by atoms with van der Waals surface area (Å²) in [4.78, 5) is 22.5. The Morgan fingerprint density at radius 3 is 2.76 bits per heavy atom. The second-order valence-corrected chi connectivity index (χ2v) is 10.6. The van der Waals surface area contributed by atoms with E-state index in [0.29, 0.717) is 33.7 Å². The molecule has 1 aliphatic heterocycles. The summed E-state index contributed by atoms with van der Waals surface area (Å²) in [5.41, 5.74) is 8.49. The minimum atomic E-state index is 0.0877. The molecule has 0 saturated carbocycles. The van der Waals surface area contributed by atoms with Crippen LogP contribution in [0.5, 0.6) is 11.5 Å². The summed E-state index contributed by atoms with van der Waals surface area (Å²) in [6.07, 6.45) is 3.44. The van der Waals surface area contributed by atoms with Gasteiger partial charge in [0, 0.05) is 34.0 Å². The normalized spacial score (nSPS) is 13.2. The molecule has 1 aliphatic rings. The smallest absolute Gasteiger partial charge is 0.231 e. The van der Waals surface area contributed by atoms with Crippen molar-refractivity contribution < 1.29 is 9.47 Å². The first-order valence-corrected chi connectivity index (χ1v) is 12.3. The Bertz CT molecular complexity index is 1280. The molecule has 0 radical (unpaired) electrons. The number of aromatic amines is 1. The molecule has 0 bridgehead atoms. The highest BCUT2D eigenvalue weighted by molar-refractivity contribution is 7.99. The molecular formula is C22H25N7O2S2. The van der Waals surface area contributed by atoms with E-state index in [1.54, 1.807) is 17.5 Å². The maximum atomic E-state index is 6.23. The van der Waals surface area contributed by atoms with E-state index in [1.165, 1.54) is 11.8 Å². The first-order chi connectivity index (χ1) is 15.9. The second kappa shape index (κ2) is 8.81. The molecule has 4 aromatic rings. The molecule has 9 nitrogen and oxygen atoms in total. The first-order valence-electron chi connectivity index (χ1n) is 10.6. The number of aryl methyl sites for hydroxylation is 1. The monoisotopic (exact) mass is 483 g/mol. The lowest BCUT2D eigenvalue weighted by molar-refractivity contribution is 0.174. The van der Waals surface area contributed by atoms with Gasteiger partial charge in [0.25, 0.3) is 0 Å². The molecule has 172 valence electrons. The van der Waals surface area contributed by atoms with Gasteiger partial charge in [-0.3, -0.25) is 0 Å². The van der Waals surface area contributed by atoms with Gasteiger partial charge in [-0.25, -0.2) is 19.9 Å². The van der Waals surface area contributed by atoms with Gasteiger partial charge < -0.3 is 25.5 Å². The minimum Gasteiger partial charge on any atom is -0.454 e. The van der Waals surface area contributed by atoms with E-state index >= 15 is 0 Å². The summed E-state index contributed by atoms with van der Waals surface area (Å²) in [7, 11) is 0. The third kappa shape index (κ3) is 4.90. The van der Waals surface area contributed by atoms with E-state index in [-0.39, 0.29) is 12.3 Å². The predicted octanol–water partition coefficient (Wildman–Crippen LogP) is 4.26. The largest absolute Gasteiger partial charge is 0.454 e. The van der Waals surface area contributed by atoms with Crippen LogP contribution in [0, 0.1) is 0 Å². The van der Waals surface area contributed by atoms with Gasteiger partial charge in [-0.05, 0) is 45.9 Å². The maximum absolute atomic E-state index is 6.23. The van der Waals surface area contributed by atoms with Gasteiger partial charge in [0.1, 0.15) is 16.3 Å². The number of H-pyrrole nitrogens is 1. The SMILES string of the molecule is CC(C)(C)NCCCc1nc(N)c2[nH]c(Sc3cc4c(cc3-c3nccs3)OCO4)nc2n1. The van der Waals surface area contributed by atoms with Gasteiger partial charge in [0.05, 0.1) is 0 Å². The van der Waals surface area contributed by atoms with E-state index < -0.39 is 0 Å². The topological polar surface area (TPSA) is 124 Å². The molecule has 3 aromatic heterocycles. The Balaban J connectivity index is 1.39. The Morgan fingerprint density at radius 1 is 1.18 bits per heavy atom. The number of nitrogens with zero attached hydrogens (tertiary/aromatic N) is 4. The fraction of sp³-hybridized carbons (Fsp3) is 0.364. The predicted molar refractivity (Wildman–Crippen MR) is 130 cm³/mol. The van der Waals surface area contributed by atoms with Crippen LogP contribution in [0.25, 0.3) is 21.7 Å². The number of thiazole rings is 1. The van der Waals surface area contributed by atoms with Gasteiger partial charge >= 0.3 is 0 Å². The zero-order chi connectivity index (χ0) is 23.0. The summed E-state index contributed by atoms with van der Waals surface area (Å²) in [5.74, 6) is 2.53. The summed E-state index contributed by atoms with van der Waals surface area (Å²) in [6, 6.07) is 3.92. The molecular weight excluding hydrogens is 458 g/mol. The number of nitrogen functional groups attached to an aromatic ring is 1. The average molecular weight is 484 g/mol. The van der Waals surface area contributed by atoms with Crippen LogP contribution < -0.4 is 20.5 Å². The van der Waals surface area contributed by atoms with Crippen LogP contribution in [0.1, 0.15) is 33.0 Å². The highest BCUT2D eigenvalue weighted by Gasteiger charge is 2.21. The Hall–Kier alpha value is -2.89. The number of hydrogen-bond donors (Lipinski definition) is 3. The van der Waals surface area contributed by atoms with Gasteiger partial charge in [0.2, 0.25) is 6.79 Å². The number of imidazole rings is 1. The van der Waals surface area contributed by atoms with Crippen molar-refractivity contribution in [2.24, 2.45) is 0 Å². The number of hydrogen-bond acceptors (Lipinski definition) is 10. The second-order valence-electron chi connectivity index (χ2n) is 8.69. The van der Waals surface area contributed by atoms with Crippen molar-refractivity contribution in [3.05, 3.63) is 29.5 Å². The summed E-state index contributed by atoms with van der Waals surface area (Å²) < 4.78 is 11.1. The molecule has 0 spiro atoms. The Labute approximate surface area is 199 Å². The van der Waals surface area contributed by atoms with E-state index in [0.717, 1.165) is 40.6 Å². The summed E-state index contributed by atoms with van der Waals surface area (Å²) >= 11 is 3.04. The molecule has 0 atom stereocenters. The lowest BCUT2D eigenvalue weighted by atomic mass is 10.1. The quantitative estimate of drug-likeness (QED) is 0.331. The zero-order valence-corrected chi connectivity index (χ0v) is 20.3. The Kier molecular flexibility index (Phi) is 5.85. The molecule has 0 unspecified atom stereocenters. The lowest BCUT2D eigenvalue weighted by Crippen LogP contribution is -2.36. The standard InChI is InChI=1S/C22H25N7O2S2/c1-22(2,3)25-6-4-5-16-26-18(23)17-19(27-16)29-21(28-17)33-15-10-14-13(30-11-31-14)9-12(15)20-24-7-8-32-20/h7-10,25H,4-6,11H2,1-3H3,(H3,23,26,27,28,29). The van der Waals surface area contributed by atoms with Gasteiger partial charge in [0.15, 0.2) is 28.1 Å². The van der Waals surface area contributed by atoms with E-state index in [2.05, 4.69) is 51.0 Å². The van der Waals surface area contributed by atoms with Crippen LogP contribution in [0.4, 0.5) is 5.82 Å². The third-order valence-corrected chi connectivity index (χ3v) is 6.73. The van der Waals surface area contributed by atoms with Crippen LogP contribution in [-0.4, -0.2) is 43.8 Å². The van der Waals surface area contributed by atoms with Crippen LogP contribution in [0.15, 0.2) is 33.8 Å². The molecule has 0 fully saturated rings. The highest BCUT2D eigenvalue weighted by Crippen LogP contribution is 2.44. The first kappa shape index (κ1) is 21.9. The zero-order valence-electron chi connectivity index (χ0n) is 18.6. The fourth-order valence-corrected chi connectivity index (χ4v) is 5.11. The summed E-state index contributed by atoms with van der Waals surface area (Å²) in [6.45, 7) is 7.55. The number of nitrogens with two attached hydrogens (primary N) is 1. The van der Waals surface area contributed by atoms with Crippen molar-refractivity contribution in [3.8, 4) is 22.1 Å². The van der Waals surface area contributed by atoms with Gasteiger partial charge in [-0.2, -0.15) is 0 Å². The molecule has 5 rings (SSSR count). The number of fused-ring (bicyclic) bond motifs is 2. The average Bonchev–Trinajstić information content (AvgIpc) is 3.50. The van der Waals surface area contributed by atoms with Gasteiger partial charge in [-0.1, -0.05) is 11.8 Å². The van der Waals surface area contributed by atoms with Crippen molar-refractivity contribution in [1.29, 1.82) is 0 Å². The van der Waals surface area contributed by atoms with Crippen molar-refractivity contribution in [3.63, 3.8) is 0 Å². The maximum Gasteiger partial charge on any atom is 0.231 e.